The van der Waals surface area contributed by atoms with Crippen LogP contribution in [0.5, 0.6) is 5.75 Å². The molecule has 35 heavy (non-hydrogen) atoms. The van der Waals surface area contributed by atoms with Crippen LogP contribution >= 0.6 is 11.3 Å². The van der Waals surface area contributed by atoms with Crippen molar-refractivity contribution in [3.05, 3.63) is 41.5 Å². The van der Waals surface area contributed by atoms with Gasteiger partial charge in [-0.25, -0.2) is 4.98 Å². The molecule has 1 atom stereocenters. The Bertz CT molecular complexity index is 1160. The Hall–Kier alpha value is -2.71. The fraction of sp³-hybridized carbons (Fsp3) is 0.519. The predicted octanol–water partition coefficient (Wildman–Crippen LogP) is 4.92. The molecule has 0 N–H and O–H groups in total. The molecule has 1 unspecified atom stereocenters. The maximum absolute atomic E-state index is 12.3. The van der Waals surface area contributed by atoms with Gasteiger partial charge in [0.25, 0.3) is 0 Å². The number of carbonyl (C=O) groups excluding carboxylic acids is 1. The van der Waals surface area contributed by atoms with Crippen LogP contribution in [-0.2, 0) is 4.79 Å². The monoisotopic (exact) mass is 493 g/mol. The van der Waals surface area contributed by atoms with Crippen LogP contribution in [0.1, 0.15) is 50.8 Å². The van der Waals surface area contributed by atoms with E-state index < -0.39 is 0 Å². The largest absolute Gasteiger partial charge is 0.494 e. The number of methoxy groups -OCH3 is 1. The van der Waals surface area contributed by atoms with Crippen molar-refractivity contribution in [1.29, 1.82) is 0 Å². The van der Waals surface area contributed by atoms with Gasteiger partial charge in [-0.15, -0.1) is 11.3 Å². The molecule has 0 saturated carbocycles. The first-order valence-electron chi connectivity index (χ1n) is 12.7. The number of pyridine rings is 1. The lowest BCUT2D eigenvalue weighted by molar-refractivity contribution is -0.118. The van der Waals surface area contributed by atoms with Crippen molar-refractivity contribution < 1.29 is 9.53 Å². The van der Waals surface area contributed by atoms with Crippen molar-refractivity contribution in [2.45, 2.75) is 45.1 Å². The van der Waals surface area contributed by atoms with Gasteiger partial charge in [0.1, 0.15) is 17.2 Å². The number of ether oxygens (including phenoxy) is 1. The van der Waals surface area contributed by atoms with Gasteiger partial charge in [-0.3, -0.25) is 14.7 Å². The molecule has 2 fully saturated rings. The highest BCUT2D eigenvalue weighted by Gasteiger charge is 2.29. The average Bonchev–Trinajstić information content (AvgIpc) is 3.26. The summed E-state index contributed by atoms with van der Waals surface area (Å²) in [6.45, 7) is 7.44. The fourth-order valence-electron chi connectivity index (χ4n) is 5.41. The second kappa shape index (κ2) is 10.9. The third-order valence-corrected chi connectivity index (χ3v) is 8.10. The number of ketones is 1. The molecule has 2 saturated heterocycles. The first-order chi connectivity index (χ1) is 17.1. The maximum atomic E-state index is 12.3. The van der Waals surface area contributed by atoms with Crippen molar-refractivity contribution in [3.63, 3.8) is 0 Å². The topological polar surface area (TPSA) is 61.8 Å². The first kappa shape index (κ1) is 24.0. The third kappa shape index (κ3) is 5.28. The minimum absolute atomic E-state index is 0.0229. The van der Waals surface area contributed by atoms with Crippen molar-refractivity contribution >= 4 is 38.8 Å². The van der Waals surface area contributed by atoms with Gasteiger partial charge in [0, 0.05) is 62.7 Å². The molecule has 0 radical (unpaired) electrons. The number of Topliss-reactive ketones (excluding diaryl/α,β-unsaturated/α-hetero) is 1. The van der Waals surface area contributed by atoms with Crippen LogP contribution in [0.25, 0.3) is 10.9 Å². The van der Waals surface area contributed by atoms with E-state index in [4.69, 9.17) is 14.7 Å². The zero-order valence-corrected chi connectivity index (χ0v) is 21.6. The van der Waals surface area contributed by atoms with E-state index in [1.165, 1.54) is 19.3 Å². The maximum Gasteiger partial charge on any atom is 0.185 e. The van der Waals surface area contributed by atoms with Gasteiger partial charge >= 0.3 is 0 Å². The summed E-state index contributed by atoms with van der Waals surface area (Å²) in [7, 11) is 1.72. The summed E-state index contributed by atoms with van der Waals surface area (Å²) >= 11 is 1.73. The zero-order valence-electron chi connectivity index (χ0n) is 20.8. The van der Waals surface area contributed by atoms with Gasteiger partial charge in [-0.05, 0) is 50.8 Å². The van der Waals surface area contributed by atoms with Crippen molar-refractivity contribution in [2.75, 3.05) is 56.2 Å². The molecule has 0 aliphatic carbocycles. The molecule has 2 aliphatic rings. The Kier molecular flexibility index (Phi) is 7.48. The number of anilines is 2. The molecule has 0 amide bonds. The van der Waals surface area contributed by atoms with E-state index in [0.29, 0.717) is 6.42 Å². The van der Waals surface area contributed by atoms with Gasteiger partial charge in [0.15, 0.2) is 5.13 Å². The first-order valence-corrected chi connectivity index (χ1v) is 13.6. The molecule has 2 aromatic heterocycles. The Labute approximate surface area is 211 Å². The smallest absolute Gasteiger partial charge is 0.185 e. The van der Waals surface area contributed by atoms with E-state index in [1.807, 2.05) is 18.3 Å². The molecule has 0 spiro atoms. The van der Waals surface area contributed by atoms with Crippen LogP contribution in [-0.4, -0.2) is 67.0 Å². The van der Waals surface area contributed by atoms with Crippen LogP contribution < -0.4 is 14.5 Å². The average molecular weight is 494 g/mol. The number of benzene rings is 1. The van der Waals surface area contributed by atoms with Crippen molar-refractivity contribution in [2.24, 2.45) is 0 Å². The number of fused-ring (bicyclic) bond motifs is 1. The van der Waals surface area contributed by atoms with Crippen molar-refractivity contribution in [3.8, 4) is 5.75 Å². The van der Waals surface area contributed by atoms with Crippen LogP contribution in [0.15, 0.2) is 35.8 Å². The molecule has 7 nitrogen and oxygen atoms in total. The van der Waals surface area contributed by atoms with E-state index in [9.17, 15) is 4.79 Å². The van der Waals surface area contributed by atoms with E-state index in [1.54, 1.807) is 25.4 Å². The van der Waals surface area contributed by atoms with Gasteiger partial charge < -0.3 is 14.5 Å². The molecular weight excluding hydrogens is 458 g/mol. The number of hydrogen-bond donors (Lipinski definition) is 0. The minimum atomic E-state index is 0.0229. The summed E-state index contributed by atoms with van der Waals surface area (Å²) in [6.07, 6.45) is 7.14. The lowest BCUT2D eigenvalue weighted by atomic mass is 10.1. The number of rotatable bonds is 7. The van der Waals surface area contributed by atoms with Gasteiger partial charge in [-0.2, -0.15) is 0 Å². The molecule has 1 aromatic carbocycles. The molecule has 0 bridgehead atoms. The molecule has 3 aromatic rings. The quantitative estimate of drug-likeness (QED) is 0.463. The number of aromatic nitrogens is 2. The Morgan fingerprint density at radius 3 is 2.66 bits per heavy atom. The number of thiazole rings is 1. The van der Waals surface area contributed by atoms with Crippen LogP contribution in [0.3, 0.4) is 0 Å². The minimum Gasteiger partial charge on any atom is -0.494 e. The van der Waals surface area contributed by atoms with Gasteiger partial charge in [0.05, 0.1) is 24.4 Å². The van der Waals surface area contributed by atoms with E-state index in [0.717, 1.165) is 78.9 Å². The highest BCUT2D eigenvalue weighted by molar-refractivity contribution is 7.13. The summed E-state index contributed by atoms with van der Waals surface area (Å²) in [5.41, 5.74) is 3.09. The molecule has 186 valence electrons. The molecular formula is C27H35N5O2S. The highest BCUT2D eigenvalue weighted by atomic mass is 32.1. The summed E-state index contributed by atoms with van der Waals surface area (Å²) in [5.74, 6) is 1.07. The second-order valence-electron chi connectivity index (χ2n) is 9.59. The second-order valence-corrected chi connectivity index (χ2v) is 10.4. The lowest BCUT2D eigenvalue weighted by Crippen LogP contribution is -2.35. The molecule has 4 heterocycles. The van der Waals surface area contributed by atoms with E-state index in [-0.39, 0.29) is 11.8 Å². The summed E-state index contributed by atoms with van der Waals surface area (Å²) in [6, 6.07) is 8.20. The number of nitrogens with zero attached hydrogens (tertiary/aromatic N) is 5. The van der Waals surface area contributed by atoms with Crippen LogP contribution in [0.4, 0.5) is 10.8 Å². The zero-order chi connectivity index (χ0) is 24.2. The van der Waals surface area contributed by atoms with Crippen LogP contribution in [0, 0.1) is 0 Å². The molecule has 2 aliphatic heterocycles. The Morgan fingerprint density at radius 2 is 1.86 bits per heavy atom. The van der Waals surface area contributed by atoms with Gasteiger partial charge in [-0.1, -0.05) is 6.07 Å². The highest BCUT2D eigenvalue weighted by Crippen LogP contribution is 2.37. The number of hydrogen-bond acceptors (Lipinski definition) is 8. The summed E-state index contributed by atoms with van der Waals surface area (Å²) in [4.78, 5) is 29.3. The van der Waals surface area contributed by atoms with Gasteiger partial charge in [0.2, 0.25) is 0 Å². The SMILES string of the molecule is COc1ccc2cccnc2c1N1CCCN(C(CC(C)=O)c2csc(N3CCCCC3)n2)CC1. The third-order valence-electron chi connectivity index (χ3n) is 7.18. The number of piperidine rings is 1. The van der Waals surface area contributed by atoms with Crippen LogP contribution in [0.2, 0.25) is 0 Å². The molecule has 8 heteroatoms. The Morgan fingerprint density at radius 1 is 1.03 bits per heavy atom. The Balaban J connectivity index is 1.38. The number of carbonyl (C=O) groups is 1. The van der Waals surface area contributed by atoms with E-state index >= 15 is 0 Å². The fourth-order valence-corrected chi connectivity index (χ4v) is 6.33. The normalized spacial score (nSPS) is 18.5. The van der Waals surface area contributed by atoms with Crippen molar-refractivity contribution in [1.82, 2.24) is 14.9 Å². The predicted molar refractivity (Wildman–Crippen MR) is 143 cm³/mol. The van der Waals surface area contributed by atoms with E-state index in [2.05, 4.69) is 32.2 Å². The lowest BCUT2D eigenvalue weighted by Gasteiger charge is -2.30. The standard InChI is InChI=1S/C27H35N5O2S/c1-20(33)18-23(22-19-35-27(29-22)32-12-4-3-5-13-32)30-14-7-15-31(17-16-30)26-24(34-2)10-9-21-8-6-11-28-25(21)26/h6,8-11,19,23H,3-5,7,12-18H2,1-2H3. The molecule has 5 rings (SSSR count). The summed E-state index contributed by atoms with van der Waals surface area (Å²) in [5, 5.41) is 4.40. The summed E-state index contributed by atoms with van der Waals surface area (Å²) < 4.78 is 5.75.